The van der Waals surface area contributed by atoms with Crippen molar-refractivity contribution in [2.45, 2.75) is 22.5 Å². The molecule has 15 heavy (non-hydrogen) atoms. The van der Waals surface area contributed by atoms with Crippen LogP contribution in [0, 0.1) is 5.92 Å². The lowest BCUT2D eigenvalue weighted by molar-refractivity contribution is 0.413. The van der Waals surface area contributed by atoms with E-state index >= 15 is 0 Å². The normalized spacial score (nSPS) is 31.9. The van der Waals surface area contributed by atoms with E-state index in [1.807, 2.05) is 0 Å². The number of fused-ring (bicyclic) bond motifs is 1. The molecule has 0 bridgehead atoms. The summed E-state index contributed by atoms with van der Waals surface area (Å²) < 4.78 is 29.0. The molecule has 2 fully saturated rings. The Morgan fingerprint density at radius 3 is 2.60 bits per heavy atom. The highest BCUT2D eigenvalue weighted by molar-refractivity contribution is 7.93. The van der Waals surface area contributed by atoms with Gasteiger partial charge in [-0.2, -0.15) is 0 Å². The Morgan fingerprint density at radius 2 is 2.07 bits per heavy atom. The van der Waals surface area contributed by atoms with Crippen LogP contribution in [0.2, 0.25) is 0 Å². The van der Waals surface area contributed by atoms with E-state index in [0.717, 1.165) is 12.8 Å². The highest BCUT2D eigenvalue weighted by atomic mass is 32.2. The summed E-state index contributed by atoms with van der Waals surface area (Å²) in [6.07, 6.45) is 1.71. The molecule has 2 aliphatic carbocycles. The number of benzene rings is 1. The Bertz CT molecular complexity index is 512. The van der Waals surface area contributed by atoms with Crippen molar-refractivity contribution in [3.63, 3.8) is 0 Å². The van der Waals surface area contributed by atoms with Crippen molar-refractivity contribution in [3.8, 4) is 5.75 Å². The maximum Gasteiger partial charge on any atom is 0.184 e. The van der Waals surface area contributed by atoms with Gasteiger partial charge in [-0.3, -0.25) is 0 Å². The van der Waals surface area contributed by atoms with E-state index in [1.165, 1.54) is 0 Å². The van der Waals surface area contributed by atoms with Crippen LogP contribution in [0.15, 0.2) is 29.2 Å². The Morgan fingerprint density at radius 1 is 1.40 bits per heavy atom. The van der Waals surface area contributed by atoms with Crippen LogP contribution in [-0.2, 0) is 9.84 Å². The van der Waals surface area contributed by atoms with Crippen LogP contribution in [0.5, 0.6) is 5.75 Å². The Labute approximate surface area is 89.0 Å². The fraction of sp³-hybridized carbons (Fsp3) is 0.455. The molecule has 0 radical (unpaired) electrons. The maximum atomic E-state index is 12.2. The van der Waals surface area contributed by atoms with Crippen molar-refractivity contribution in [1.29, 1.82) is 0 Å². The third kappa shape index (κ3) is 1.08. The van der Waals surface area contributed by atoms with Gasteiger partial charge >= 0.3 is 0 Å². The second-order valence-electron chi connectivity index (χ2n) is 4.35. The van der Waals surface area contributed by atoms with Crippen LogP contribution < -0.4 is 4.74 Å². The van der Waals surface area contributed by atoms with E-state index in [1.54, 1.807) is 31.4 Å². The average molecular weight is 224 g/mol. The molecule has 1 aromatic carbocycles. The molecule has 80 valence electrons. The minimum Gasteiger partial charge on any atom is -0.497 e. The lowest BCUT2D eigenvalue weighted by Crippen LogP contribution is -2.14. The number of ether oxygens (including phenoxy) is 1. The van der Waals surface area contributed by atoms with Crippen molar-refractivity contribution < 1.29 is 13.2 Å². The van der Waals surface area contributed by atoms with Gasteiger partial charge in [0.25, 0.3) is 0 Å². The zero-order valence-corrected chi connectivity index (χ0v) is 9.25. The van der Waals surface area contributed by atoms with E-state index in [9.17, 15) is 8.42 Å². The molecule has 4 heteroatoms. The first-order valence-electron chi connectivity index (χ1n) is 4.99. The third-order valence-electron chi connectivity index (χ3n) is 3.49. The highest BCUT2D eigenvalue weighted by Gasteiger charge is 2.77. The zero-order valence-electron chi connectivity index (χ0n) is 8.43. The Kier molecular flexibility index (Phi) is 1.57. The van der Waals surface area contributed by atoms with E-state index in [4.69, 9.17) is 4.74 Å². The van der Waals surface area contributed by atoms with Crippen molar-refractivity contribution in [2.75, 3.05) is 7.11 Å². The van der Waals surface area contributed by atoms with Crippen LogP contribution in [0.3, 0.4) is 0 Å². The van der Waals surface area contributed by atoms with E-state index in [0.29, 0.717) is 16.6 Å². The summed E-state index contributed by atoms with van der Waals surface area (Å²) in [7, 11) is -1.56. The predicted molar refractivity (Wildman–Crippen MR) is 55.6 cm³/mol. The third-order valence-corrected chi connectivity index (χ3v) is 6.11. The first-order valence-corrected chi connectivity index (χ1v) is 6.47. The van der Waals surface area contributed by atoms with Gasteiger partial charge in [0.05, 0.1) is 16.8 Å². The Balaban J connectivity index is 2.05. The van der Waals surface area contributed by atoms with Gasteiger partial charge in [0, 0.05) is 0 Å². The molecule has 1 aromatic rings. The number of methoxy groups -OCH3 is 1. The van der Waals surface area contributed by atoms with E-state index < -0.39 is 9.84 Å². The molecule has 0 heterocycles. The van der Waals surface area contributed by atoms with Gasteiger partial charge in [-0.05, 0) is 37.0 Å². The van der Waals surface area contributed by atoms with Crippen molar-refractivity contribution in [2.24, 2.45) is 5.92 Å². The minimum absolute atomic E-state index is 0.376. The fourth-order valence-corrected chi connectivity index (χ4v) is 4.38. The maximum absolute atomic E-state index is 12.2. The molecule has 0 amide bonds. The standard InChI is InChI=1S/C11H12O3S/c1-14-9-3-2-4-10(5-9)15(12,13)11-6-8(11)7-11/h2-5,8H,6-7H2,1H3. The van der Waals surface area contributed by atoms with E-state index in [-0.39, 0.29) is 4.75 Å². The number of hydrogen-bond acceptors (Lipinski definition) is 3. The van der Waals surface area contributed by atoms with Crippen LogP contribution in [-0.4, -0.2) is 20.3 Å². The van der Waals surface area contributed by atoms with Crippen molar-refractivity contribution in [3.05, 3.63) is 24.3 Å². The molecular weight excluding hydrogens is 212 g/mol. The van der Waals surface area contributed by atoms with Crippen LogP contribution >= 0.6 is 0 Å². The minimum atomic E-state index is -3.10. The van der Waals surface area contributed by atoms with Gasteiger partial charge in [0.1, 0.15) is 5.75 Å². The molecule has 0 spiro atoms. The summed E-state index contributed by atoms with van der Waals surface area (Å²) in [4.78, 5) is 0.404. The topological polar surface area (TPSA) is 43.4 Å². The van der Waals surface area contributed by atoms with Crippen molar-refractivity contribution in [1.82, 2.24) is 0 Å². The fourth-order valence-electron chi connectivity index (χ4n) is 2.10. The molecule has 2 aliphatic rings. The van der Waals surface area contributed by atoms with Gasteiger partial charge in [-0.15, -0.1) is 0 Å². The summed E-state index contributed by atoms with van der Waals surface area (Å²) in [6, 6.07) is 6.74. The summed E-state index contributed by atoms with van der Waals surface area (Å²) in [5.74, 6) is 1.04. The quantitative estimate of drug-likeness (QED) is 0.783. The predicted octanol–water partition coefficient (Wildman–Crippen LogP) is 1.63. The number of rotatable bonds is 3. The summed E-state index contributed by atoms with van der Waals surface area (Å²) in [6.45, 7) is 0. The van der Waals surface area contributed by atoms with Crippen LogP contribution in [0.1, 0.15) is 12.8 Å². The summed E-state index contributed by atoms with van der Waals surface area (Å²) >= 11 is 0. The van der Waals surface area contributed by atoms with Crippen molar-refractivity contribution >= 4 is 9.84 Å². The van der Waals surface area contributed by atoms with Gasteiger partial charge < -0.3 is 4.74 Å². The molecule has 0 atom stereocenters. The molecule has 3 rings (SSSR count). The van der Waals surface area contributed by atoms with Gasteiger partial charge in [-0.25, -0.2) is 8.42 Å². The monoisotopic (exact) mass is 224 g/mol. The zero-order chi connectivity index (χ0) is 10.7. The van der Waals surface area contributed by atoms with E-state index in [2.05, 4.69) is 0 Å². The molecule has 0 N–H and O–H groups in total. The summed E-state index contributed by atoms with van der Waals surface area (Å²) in [5, 5.41) is 0. The molecular formula is C11H12O3S. The molecule has 0 saturated heterocycles. The number of sulfone groups is 1. The molecule has 3 nitrogen and oxygen atoms in total. The lowest BCUT2D eigenvalue weighted by Gasteiger charge is -2.08. The summed E-state index contributed by atoms with van der Waals surface area (Å²) in [5.41, 5.74) is 0. The SMILES string of the molecule is COc1cccc(S(=O)(=O)C23CC2C3)c1. The average Bonchev–Trinajstić information content (AvgIpc) is 3.05. The highest BCUT2D eigenvalue weighted by Crippen LogP contribution is 2.73. The largest absolute Gasteiger partial charge is 0.497 e. The molecule has 2 saturated carbocycles. The smallest absolute Gasteiger partial charge is 0.184 e. The Hall–Kier alpha value is -1.03. The molecule has 0 unspecified atom stereocenters. The first kappa shape index (κ1) is 9.21. The van der Waals surface area contributed by atoms with Crippen LogP contribution in [0.4, 0.5) is 0 Å². The second-order valence-corrected chi connectivity index (χ2v) is 6.64. The molecule has 0 aromatic heterocycles. The van der Waals surface area contributed by atoms with Gasteiger partial charge in [0.15, 0.2) is 9.84 Å². The first-order chi connectivity index (χ1) is 7.10. The molecule has 0 aliphatic heterocycles. The number of hydrogen-bond donors (Lipinski definition) is 0. The van der Waals surface area contributed by atoms with Crippen LogP contribution in [0.25, 0.3) is 0 Å². The lowest BCUT2D eigenvalue weighted by atomic mass is 10.3. The second kappa shape index (κ2) is 2.55. The van der Waals surface area contributed by atoms with Gasteiger partial charge in [0.2, 0.25) is 0 Å². The van der Waals surface area contributed by atoms with Gasteiger partial charge in [-0.1, -0.05) is 6.07 Å².